The van der Waals surface area contributed by atoms with Gasteiger partial charge >= 0.3 is 0 Å². The van der Waals surface area contributed by atoms with Crippen LogP contribution in [-0.2, 0) is 4.79 Å². The van der Waals surface area contributed by atoms with Gasteiger partial charge in [-0.15, -0.1) is 0 Å². The van der Waals surface area contributed by atoms with Crippen molar-refractivity contribution in [1.82, 2.24) is 0 Å². The molecular weight excluding hydrogens is 245 g/mol. The fourth-order valence-electron chi connectivity index (χ4n) is 1.91. The molecule has 1 amide bonds. The van der Waals surface area contributed by atoms with E-state index in [1.807, 2.05) is 31.2 Å². The highest BCUT2D eigenvalue weighted by Crippen LogP contribution is 2.35. The van der Waals surface area contributed by atoms with Crippen molar-refractivity contribution in [3.63, 3.8) is 0 Å². The van der Waals surface area contributed by atoms with Crippen molar-refractivity contribution in [2.24, 2.45) is 0 Å². The zero-order valence-electron chi connectivity index (χ0n) is 9.04. The number of piperidine rings is 1. The van der Waals surface area contributed by atoms with E-state index in [4.69, 9.17) is 23.2 Å². The average Bonchev–Trinajstić information content (AvgIpc) is 2.22. The Balaban J connectivity index is 2.31. The Morgan fingerprint density at radius 3 is 2.81 bits per heavy atom. The number of amides is 1. The van der Waals surface area contributed by atoms with E-state index in [1.165, 1.54) is 0 Å². The van der Waals surface area contributed by atoms with Crippen molar-refractivity contribution in [3.05, 3.63) is 29.8 Å². The maximum absolute atomic E-state index is 12.0. The van der Waals surface area contributed by atoms with Gasteiger partial charge in [-0.1, -0.05) is 35.3 Å². The van der Waals surface area contributed by atoms with E-state index in [1.54, 1.807) is 4.90 Å². The Kier molecular flexibility index (Phi) is 3.13. The number of carbonyl (C=O) groups excluding carboxylic acids is 1. The summed E-state index contributed by atoms with van der Waals surface area (Å²) in [5.41, 5.74) is 1.99. The molecule has 1 heterocycles. The molecule has 4 heteroatoms. The molecule has 1 fully saturated rings. The number of carbonyl (C=O) groups is 1. The standard InChI is InChI=1S/C12H13Cl2NO/c1-9-4-2-5-10(8-9)15-7-3-6-12(13,14)11(15)16/h2,4-5,8H,3,6-7H2,1H3. The van der Waals surface area contributed by atoms with Gasteiger partial charge in [0, 0.05) is 12.2 Å². The zero-order valence-corrected chi connectivity index (χ0v) is 10.6. The fraction of sp³-hybridized carbons (Fsp3) is 0.417. The fourth-order valence-corrected chi connectivity index (χ4v) is 2.38. The highest BCUT2D eigenvalue weighted by molar-refractivity contribution is 6.59. The van der Waals surface area contributed by atoms with Gasteiger partial charge in [-0.25, -0.2) is 0 Å². The largest absolute Gasteiger partial charge is 0.310 e. The Labute approximate surface area is 105 Å². The van der Waals surface area contributed by atoms with Gasteiger partial charge in [0.2, 0.25) is 0 Å². The summed E-state index contributed by atoms with van der Waals surface area (Å²) in [4.78, 5) is 13.7. The maximum atomic E-state index is 12.0. The van der Waals surface area contributed by atoms with E-state index in [9.17, 15) is 4.79 Å². The molecule has 0 N–H and O–H groups in total. The molecule has 1 aromatic rings. The van der Waals surface area contributed by atoms with Gasteiger partial charge in [0.15, 0.2) is 4.33 Å². The maximum Gasteiger partial charge on any atom is 0.263 e. The van der Waals surface area contributed by atoms with Crippen LogP contribution in [0, 0.1) is 6.92 Å². The number of alkyl halides is 2. The monoisotopic (exact) mass is 257 g/mol. The summed E-state index contributed by atoms with van der Waals surface area (Å²) in [6.45, 7) is 2.68. The quantitative estimate of drug-likeness (QED) is 0.708. The van der Waals surface area contributed by atoms with Crippen LogP contribution in [0.15, 0.2) is 24.3 Å². The number of anilines is 1. The van der Waals surface area contributed by atoms with Crippen LogP contribution in [0.3, 0.4) is 0 Å². The van der Waals surface area contributed by atoms with Gasteiger partial charge in [0.25, 0.3) is 5.91 Å². The lowest BCUT2D eigenvalue weighted by atomic mass is 10.1. The minimum Gasteiger partial charge on any atom is -0.310 e. The van der Waals surface area contributed by atoms with Gasteiger partial charge in [-0.05, 0) is 37.5 Å². The van der Waals surface area contributed by atoms with Gasteiger partial charge in [0.05, 0.1) is 0 Å². The van der Waals surface area contributed by atoms with Crippen LogP contribution in [0.2, 0.25) is 0 Å². The van der Waals surface area contributed by atoms with Crippen molar-refractivity contribution in [1.29, 1.82) is 0 Å². The minimum atomic E-state index is -1.26. The van der Waals surface area contributed by atoms with E-state index in [0.717, 1.165) is 17.7 Å². The van der Waals surface area contributed by atoms with Gasteiger partial charge < -0.3 is 4.90 Å². The highest BCUT2D eigenvalue weighted by Gasteiger charge is 2.40. The minimum absolute atomic E-state index is 0.215. The molecule has 1 aliphatic heterocycles. The van der Waals surface area contributed by atoms with E-state index >= 15 is 0 Å². The molecule has 0 aliphatic carbocycles. The molecule has 2 rings (SSSR count). The first-order valence-corrected chi connectivity index (χ1v) is 6.03. The van der Waals surface area contributed by atoms with E-state index in [0.29, 0.717) is 13.0 Å². The number of nitrogens with zero attached hydrogens (tertiary/aromatic N) is 1. The molecule has 2 nitrogen and oxygen atoms in total. The molecule has 16 heavy (non-hydrogen) atoms. The van der Waals surface area contributed by atoms with Crippen molar-refractivity contribution in [3.8, 4) is 0 Å². The predicted molar refractivity (Wildman–Crippen MR) is 67.2 cm³/mol. The molecule has 0 bridgehead atoms. The van der Waals surface area contributed by atoms with Crippen molar-refractivity contribution >= 4 is 34.8 Å². The number of aryl methyl sites for hydroxylation is 1. The third-order valence-corrected chi connectivity index (χ3v) is 3.45. The summed E-state index contributed by atoms with van der Waals surface area (Å²) in [6, 6.07) is 7.79. The first kappa shape index (κ1) is 11.7. The van der Waals surface area contributed by atoms with Crippen LogP contribution < -0.4 is 4.90 Å². The predicted octanol–water partition coefficient (Wildman–Crippen LogP) is 3.30. The van der Waals surface area contributed by atoms with E-state index in [2.05, 4.69) is 0 Å². The summed E-state index contributed by atoms with van der Waals surface area (Å²) in [5.74, 6) is -0.215. The normalized spacial score (nSPS) is 19.9. The van der Waals surface area contributed by atoms with Crippen LogP contribution in [0.1, 0.15) is 18.4 Å². The molecule has 0 radical (unpaired) electrons. The Morgan fingerprint density at radius 2 is 2.12 bits per heavy atom. The third kappa shape index (κ3) is 2.18. The van der Waals surface area contributed by atoms with Gasteiger partial charge in [-0.2, -0.15) is 0 Å². The molecule has 0 saturated carbocycles. The Bertz CT molecular complexity index is 417. The number of hydrogen-bond acceptors (Lipinski definition) is 1. The van der Waals surface area contributed by atoms with Crippen LogP contribution in [0.25, 0.3) is 0 Å². The molecule has 0 aromatic heterocycles. The topological polar surface area (TPSA) is 20.3 Å². The summed E-state index contributed by atoms with van der Waals surface area (Å²) in [5, 5.41) is 0. The van der Waals surface area contributed by atoms with Crippen molar-refractivity contribution in [2.45, 2.75) is 24.1 Å². The van der Waals surface area contributed by atoms with Crippen LogP contribution in [0.4, 0.5) is 5.69 Å². The Hall–Kier alpha value is -0.730. The second-order valence-corrected chi connectivity index (χ2v) is 5.59. The molecule has 86 valence electrons. The number of hydrogen-bond donors (Lipinski definition) is 0. The molecule has 1 aliphatic rings. The van der Waals surface area contributed by atoms with E-state index < -0.39 is 4.33 Å². The molecule has 1 saturated heterocycles. The van der Waals surface area contributed by atoms with Gasteiger partial charge in [0.1, 0.15) is 0 Å². The summed E-state index contributed by atoms with van der Waals surface area (Å²) in [7, 11) is 0. The third-order valence-electron chi connectivity index (χ3n) is 2.74. The van der Waals surface area contributed by atoms with E-state index in [-0.39, 0.29) is 5.91 Å². The molecule has 0 unspecified atom stereocenters. The number of benzene rings is 1. The second-order valence-electron chi connectivity index (χ2n) is 4.10. The summed E-state index contributed by atoms with van der Waals surface area (Å²) < 4.78 is -1.26. The smallest absolute Gasteiger partial charge is 0.263 e. The highest BCUT2D eigenvalue weighted by atomic mass is 35.5. The first-order valence-electron chi connectivity index (χ1n) is 5.27. The number of halogens is 2. The molecule has 1 aromatic carbocycles. The van der Waals surface area contributed by atoms with Crippen LogP contribution in [-0.4, -0.2) is 16.8 Å². The zero-order chi connectivity index (χ0) is 11.8. The summed E-state index contributed by atoms with van der Waals surface area (Å²) in [6.07, 6.45) is 1.35. The lowest BCUT2D eigenvalue weighted by Crippen LogP contribution is -2.47. The summed E-state index contributed by atoms with van der Waals surface area (Å²) >= 11 is 12.0. The number of rotatable bonds is 1. The first-order chi connectivity index (χ1) is 7.50. The SMILES string of the molecule is Cc1cccc(N2CCCC(Cl)(Cl)C2=O)c1. The van der Waals surface area contributed by atoms with Crippen molar-refractivity contribution in [2.75, 3.05) is 11.4 Å². The van der Waals surface area contributed by atoms with Crippen molar-refractivity contribution < 1.29 is 4.79 Å². The second kappa shape index (κ2) is 4.27. The average molecular weight is 258 g/mol. The van der Waals surface area contributed by atoms with Gasteiger partial charge in [-0.3, -0.25) is 4.79 Å². The molecule has 0 atom stereocenters. The molecular formula is C12H13Cl2NO. The molecule has 0 spiro atoms. The lowest BCUT2D eigenvalue weighted by molar-refractivity contribution is -0.120. The van der Waals surface area contributed by atoms with Crippen LogP contribution in [0.5, 0.6) is 0 Å². The van der Waals surface area contributed by atoms with Crippen LogP contribution >= 0.6 is 23.2 Å². The lowest BCUT2D eigenvalue weighted by Gasteiger charge is -2.34. The Morgan fingerprint density at radius 1 is 1.38 bits per heavy atom.